The highest BCUT2D eigenvalue weighted by atomic mass is 16.1. The summed E-state index contributed by atoms with van der Waals surface area (Å²) < 4.78 is 1.61. The zero-order chi connectivity index (χ0) is 14.8. The highest BCUT2D eigenvalue weighted by Gasteiger charge is 2.26. The maximum atomic E-state index is 12.5. The van der Waals surface area contributed by atoms with Gasteiger partial charge in [0.05, 0.1) is 12.1 Å². The number of anilines is 1. The fraction of sp³-hybridized carbons (Fsp3) is 0.375. The maximum Gasteiger partial charge on any atom is 0.227 e. The SMILES string of the molecule is Cn1ncc(CNC(=O)C2CCCc3ccccc32)c1N. The van der Waals surface area contributed by atoms with Crippen LogP contribution in [0.2, 0.25) is 0 Å². The van der Waals surface area contributed by atoms with Crippen LogP contribution in [-0.4, -0.2) is 15.7 Å². The van der Waals surface area contributed by atoms with Gasteiger partial charge < -0.3 is 11.1 Å². The summed E-state index contributed by atoms with van der Waals surface area (Å²) in [6.07, 6.45) is 4.73. The number of hydrogen-bond acceptors (Lipinski definition) is 3. The van der Waals surface area contributed by atoms with Crippen LogP contribution >= 0.6 is 0 Å². The molecule has 1 aromatic carbocycles. The molecule has 0 aliphatic heterocycles. The normalized spacial score (nSPS) is 17.3. The van der Waals surface area contributed by atoms with E-state index < -0.39 is 0 Å². The Labute approximate surface area is 124 Å². The van der Waals surface area contributed by atoms with E-state index in [1.54, 1.807) is 17.9 Å². The molecule has 1 unspecified atom stereocenters. The van der Waals surface area contributed by atoms with Gasteiger partial charge in [0, 0.05) is 19.2 Å². The molecule has 0 saturated heterocycles. The summed E-state index contributed by atoms with van der Waals surface area (Å²) in [5, 5.41) is 7.07. The number of nitrogens with one attached hydrogen (secondary N) is 1. The molecule has 1 heterocycles. The third kappa shape index (κ3) is 2.63. The molecule has 1 amide bonds. The van der Waals surface area contributed by atoms with E-state index in [1.807, 2.05) is 12.1 Å². The first kappa shape index (κ1) is 13.7. The van der Waals surface area contributed by atoms with Crippen LogP contribution in [0.5, 0.6) is 0 Å². The number of carbonyl (C=O) groups is 1. The molecule has 110 valence electrons. The molecule has 0 radical (unpaired) electrons. The number of fused-ring (bicyclic) bond motifs is 1. The monoisotopic (exact) mass is 284 g/mol. The Morgan fingerprint density at radius 3 is 3.05 bits per heavy atom. The Bertz CT molecular complexity index is 662. The number of nitrogens with zero attached hydrogens (tertiary/aromatic N) is 2. The average Bonchev–Trinajstić information content (AvgIpc) is 2.84. The van der Waals surface area contributed by atoms with Gasteiger partial charge in [-0.25, -0.2) is 0 Å². The second-order valence-corrected chi connectivity index (χ2v) is 5.54. The van der Waals surface area contributed by atoms with Gasteiger partial charge in [0.15, 0.2) is 0 Å². The van der Waals surface area contributed by atoms with Crippen LogP contribution in [0, 0.1) is 0 Å². The highest BCUT2D eigenvalue weighted by Crippen LogP contribution is 2.31. The fourth-order valence-electron chi connectivity index (χ4n) is 2.96. The first-order valence-corrected chi connectivity index (χ1v) is 7.28. The minimum Gasteiger partial charge on any atom is -0.384 e. The second kappa shape index (κ2) is 5.60. The van der Waals surface area contributed by atoms with Crippen molar-refractivity contribution < 1.29 is 4.79 Å². The molecule has 3 rings (SSSR count). The first-order chi connectivity index (χ1) is 10.2. The number of aromatic nitrogens is 2. The van der Waals surface area contributed by atoms with E-state index in [-0.39, 0.29) is 11.8 Å². The predicted molar refractivity (Wildman–Crippen MR) is 81.6 cm³/mol. The van der Waals surface area contributed by atoms with Crippen molar-refractivity contribution in [2.24, 2.45) is 7.05 Å². The molecule has 3 N–H and O–H groups in total. The molecular formula is C16H20N4O. The molecule has 1 aliphatic carbocycles. The van der Waals surface area contributed by atoms with Crippen LogP contribution in [0.4, 0.5) is 5.82 Å². The molecule has 0 fully saturated rings. The van der Waals surface area contributed by atoms with Crippen LogP contribution < -0.4 is 11.1 Å². The van der Waals surface area contributed by atoms with E-state index in [4.69, 9.17) is 5.73 Å². The van der Waals surface area contributed by atoms with Crippen LogP contribution in [0.1, 0.15) is 35.4 Å². The average molecular weight is 284 g/mol. The van der Waals surface area contributed by atoms with Crippen LogP contribution in [-0.2, 0) is 24.8 Å². The van der Waals surface area contributed by atoms with Crippen molar-refractivity contribution >= 4 is 11.7 Å². The third-order valence-corrected chi connectivity index (χ3v) is 4.20. The Morgan fingerprint density at radius 1 is 1.48 bits per heavy atom. The molecular weight excluding hydrogens is 264 g/mol. The first-order valence-electron chi connectivity index (χ1n) is 7.28. The van der Waals surface area contributed by atoms with E-state index in [2.05, 4.69) is 22.5 Å². The Kier molecular flexibility index (Phi) is 3.64. The second-order valence-electron chi connectivity index (χ2n) is 5.54. The van der Waals surface area contributed by atoms with Gasteiger partial charge in [-0.05, 0) is 30.4 Å². The summed E-state index contributed by atoms with van der Waals surface area (Å²) >= 11 is 0. The number of rotatable bonds is 3. The van der Waals surface area contributed by atoms with Gasteiger partial charge in [0.25, 0.3) is 0 Å². The summed E-state index contributed by atoms with van der Waals surface area (Å²) in [6.45, 7) is 0.428. The van der Waals surface area contributed by atoms with Crippen LogP contribution in [0.3, 0.4) is 0 Å². The highest BCUT2D eigenvalue weighted by molar-refractivity contribution is 5.84. The number of carbonyl (C=O) groups excluding carboxylic acids is 1. The smallest absolute Gasteiger partial charge is 0.227 e. The number of benzene rings is 1. The van der Waals surface area contributed by atoms with Gasteiger partial charge in [0.2, 0.25) is 5.91 Å². The minimum atomic E-state index is -0.0483. The minimum absolute atomic E-state index is 0.0483. The molecule has 1 aromatic heterocycles. The van der Waals surface area contributed by atoms with E-state index in [9.17, 15) is 4.79 Å². The maximum absolute atomic E-state index is 12.5. The molecule has 0 saturated carbocycles. The Hall–Kier alpha value is -2.30. The standard InChI is InChI=1S/C16H20N4O/c1-20-15(17)12(10-19-20)9-18-16(21)14-8-4-6-11-5-2-3-7-13(11)14/h2-3,5,7,10,14H,4,6,8-9,17H2,1H3,(H,18,21). The molecule has 0 bridgehead atoms. The molecule has 1 atom stereocenters. The summed E-state index contributed by atoms with van der Waals surface area (Å²) in [7, 11) is 1.79. The molecule has 5 heteroatoms. The summed E-state index contributed by atoms with van der Waals surface area (Å²) in [5.41, 5.74) is 9.21. The van der Waals surface area contributed by atoms with Gasteiger partial charge in [-0.15, -0.1) is 0 Å². The lowest BCUT2D eigenvalue weighted by atomic mass is 9.82. The fourth-order valence-corrected chi connectivity index (χ4v) is 2.96. The topological polar surface area (TPSA) is 72.9 Å². The van der Waals surface area contributed by atoms with Crippen molar-refractivity contribution in [3.05, 3.63) is 47.2 Å². The molecule has 0 spiro atoms. The molecule has 21 heavy (non-hydrogen) atoms. The van der Waals surface area contributed by atoms with Crippen LogP contribution in [0.25, 0.3) is 0 Å². The Balaban J connectivity index is 1.71. The lowest BCUT2D eigenvalue weighted by molar-refractivity contribution is -0.123. The van der Waals surface area contributed by atoms with E-state index in [1.165, 1.54) is 11.1 Å². The zero-order valence-electron chi connectivity index (χ0n) is 12.2. The van der Waals surface area contributed by atoms with Gasteiger partial charge in [-0.2, -0.15) is 5.10 Å². The van der Waals surface area contributed by atoms with E-state index in [0.717, 1.165) is 24.8 Å². The Morgan fingerprint density at radius 2 is 2.29 bits per heavy atom. The van der Waals surface area contributed by atoms with Gasteiger partial charge in [-0.3, -0.25) is 9.48 Å². The summed E-state index contributed by atoms with van der Waals surface area (Å²) in [5.74, 6) is 0.623. The third-order valence-electron chi connectivity index (χ3n) is 4.20. The lowest BCUT2D eigenvalue weighted by Gasteiger charge is -2.24. The van der Waals surface area contributed by atoms with Gasteiger partial charge in [0.1, 0.15) is 5.82 Å². The quantitative estimate of drug-likeness (QED) is 0.901. The largest absolute Gasteiger partial charge is 0.384 e. The number of hydrogen-bond donors (Lipinski definition) is 2. The van der Waals surface area contributed by atoms with Crippen molar-refractivity contribution in [2.45, 2.75) is 31.7 Å². The van der Waals surface area contributed by atoms with Crippen molar-refractivity contribution in [3.8, 4) is 0 Å². The summed E-state index contributed by atoms with van der Waals surface area (Å²) in [6, 6.07) is 8.23. The number of amides is 1. The molecule has 2 aromatic rings. The van der Waals surface area contributed by atoms with E-state index >= 15 is 0 Å². The van der Waals surface area contributed by atoms with Gasteiger partial charge in [-0.1, -0.05) is 24.3 Å². The number of nitrogens with two attached hydrogens (primary N) is 1. The number of aryl methyl sites for hydroxylation is 2. The van der Waals surface area contributed by atoms with Crippen molar-refractivity contribution in [3.63, 3.8) is 0 Å². The van der Waals surface area contributed by atoms with Crippen molar-refractivity contribution in [1.29, 1.82) is 0 Å². The van der Waals surface area contributed by atoms with Gasteiger partial charge >= 0.3 is 0 Å². The summed E-state index contributed by atoms with van der Waals surface area (Å²) in [4.78, 5) is 12.5. The van der Waals surface area contributed by atoms with Crippen molar-refractivity contribution in [2.75, 3.05) is 5.73 Å². The predicted octanol–water partition coefficient (Wildman–Crippen LogP) is 1.74. The zero-order valence-corrected chi connectivity index (χ0v) is 12.2. The molecule has 1 aliphatic rings. The lowest BCUT2D eigenvalue weighted by Crippen LogP contribution is -2.31. The van der Waals surface area contributed by atoms with Crippen LogP contribution in [0.15, 0.2) is 30.5 Å². The molecule has 5 nitrogen and oxygen atoms in total. The number of nitrogen functional groups attached to an aromatic ring is 1. The van der Waals surface area contributed by atoms with Crippen molar-refractivity contribution in [1.82, 2.24) is 15.1 Å². The van der Waals surface area contributed by atoms with E-state index in [0.29, 0.717) is 12.4 Å².